The molecule has 3 N–H and O–H groups in total. The summed E-state index contributed by atoms with van der Waals surface area (Å²) in [6.45, 7) is 3.22. The first-order valence-electron chi connectivity index (χ1n) is 5.45. The van der Waals surface area contributed by atoms with Crippen molar-refractivity contribution in [1.82, 2.24) is 9.55 Å². The van der Waals surface area contributed by atoms with Crippen LogP contribution in [0.25, 0.3) is 0 Å². The molecule has 0 radical (unpaired) electrons. The minimum absolute atomic E-state index is 0.0771. The fourth-order valence-electron chi connectivity index (χ4n) is 2.08. The third kappa shape index (κ3) is 1.92. The van der Waals surface area contributed by atoms with Crippen LogP contribution in [0.15, 0.2) is 34.5 Å². The van der Waals surface area contributed by atoms with Crippen LogP contribution in [0.2, 0.25) is 0 Å². The van der Waals surface area contributed by atoms with Crippen molar-refractivity contribution in [3.63, 3.8) is 0 Å². The van der Waals surface area contributed by atoms with Gasteiger partial charge in [0.1, 0.15) is 6.10 Å². The monoisotopic (exact) mass is 254 g/mol. The lowest BCUT2D eigenvalue weighted by Crippen LogP contribution is -2.42. The zero-order chi connectivity index (χ0) is 13.3. The Morgan fingerprint density at radius 3 is 2.89 bits per heavy atom. The molecule has 0 unspecified atom stereocenters. The number of aromatic nitrogens is 2. The first-order chi connectivity index (χ1) is 8.52. The molecule has 0 amide bonds. The number of hydrogen-bond acceptors (Lipinski definition) is 5. The number of rotatable bonds is 3. The van der Waals surface area contributed by atoms with E-state index in [1.54, 1.807) is 0 Å². The second-order valence-electron chi connectivity index (χ2n) is 4.14. The molecule has 0 saturated carbocycles. The fraction of sp³-hybridized carbons (Fsp3) is 0.455. The van der Waals surface area contributed by atoms with Crippen molar-refractivity contribution in [2.24, 2.45) is 0 Å². The highest BCUT2D eigenvalue weighted by Crippen LogP contribution is 2.34. The number of nitrogens with one attached hydrogen (secondary N) is 1. The Hall–Kier alpha value is -1.70. The Balaban J connectivity index is 2.49. The first-order valence-corrected chi connectivity index (χ1v) is 5.45. The van der Waals surface area contributed by atoms with Crippen LogP contribution in [-0.2, 0) is 10.5 Å². The zero-order valence-corrected chi connectivity index (χ0v) is 9.57. The van der Waals surface area contributed by atoms with Gasteiger partial charge in [0.15, 0.2) is 5.72 Å². The molecule has 7 heteroatoms. The van der Waals surface area contributed by atoms with Gasteiger partial charge in [-0.15, -0.1) is 0 Å². The van der Waals surface area contributed by atoms with Crippen LogP contribution < -0.4 is 11.2 Å². The number of ether oxygens (including phenoxy) is 1. The first kappa shape index (κ1) is 12.7. The maximum atomic E-state index is 11.7. The number of aromatic amines is 1. The Labute approximate surface area is 102 Å². The lowest BCUT2D eigenvalue weighted by molar-refractivity contribution is -0.0892. The van der Waals surface area contributed by atoms with Crippen LogP contribution in [-0.4, -0.2) is 38.6 Å². The average molecular weight is 254 g/mol. The van der Waals surface area contributed by atoms with Gasteiger partial charge < -0.3 is 14.9 Å². The SMILES string of the molecule is C=C[C@]1(n2ccc(=O)[nH]c2=O)C[C@H](O)[C@@H](CO)O1. The van der Waals surface area contributed by atoms with Gasteiger partial charge in [-0.05, 0) is 6.08 Å². The van der Waals surface area contributed by atoms with Gasteiger partial charge in [0.25, 0.3) is 5.56 Å². The highest BCUT2D eigenvalue weighted by Gasteiger charge is 2.45. The molecule has 1 aliphatic rings. The van der Waals surface area contributed by atoms with E-state index in [4.69, 9.17) is 9.84 Å². The Morgan fingerprint density at radius 1 is 1.67 bits per heavy atom. The molecule has 1 aromatic heterocycles. The van der Waals surface area contributed by atoms with Gasteiger partial charge in [-0.25, -0.2) is 4.79 Å². The molecule has 0 aliphatic carbocycles. The van der Waals surface area contributed by atoms with Crippen LogP contribution in [0.1, 0.15) is 6.42 Å². The van der Waals surface area contributed by atoms with Crippen LogP contribution in [0.5, 0.6) is 0 Å². The number of nitrogens with zero attached hydrogens (tertiary/aromatic N) is 1. The number of aliphatic hydroxyl groups is 2. The van der Waals surface area contributed by atoms with E-state index in [0.29, 0.717) is 0 Å². The topological polar surface area (TPSA) is 105 Å². The van der Waals surface area contributed by atoms with E-state index >= 15 is 0 Å². The number of aliphatic hydroxyl groups excluding tert-OH is 2. The van der Waals surface area contributed by atoms with E-state index < -0.39 is 29.2 Å². The zero-order valence-electron chi connectivity index (χ0n) is 9.57. The summed E-state index contributed by atoms with van der Waals surface area (Å²) in [4.78, 5) is 24.8. The quantitative estimate of drug-likeness (QED) is 0.570. The minimum atomic E-state index is -1.26. The van der Waals surface area contributed by atoms with Crippen molar-refractivity contribution in [2.45, 2.75) is 24.4 Å². The van der Waals surface area contributed by atoms with Crippen molar-refractivity contribution in [3.8, 4) is 0 Å². The van der Waals surface area contributed by atoms with Crippen LogP contribution in [0.4, 0.5) is 0 Å². The summed E-state index contributed by atoms with van der Waals surface area (Å²) >= 11 is 0. The molecule has 1 fully saturated rings. The van der Waals surface area contributed by atoms with Crippen LogP contribution >= 0.6 is 0 Å². The Kier molecular flexibility index (Phi) is 3.20. The molecule has 0 bridgehead atoms. The average Bonchev–Trinajstić information content (AvgIpc) is 2.67. The summed E-state index contributed by atoms with van der Waals surface area (Å²) in [7, 11) is 0. The predicted molar refractivity (Wildman–Crippen MR) is 62.1 cm³/mol. The molecule has 2 rings (SSSR count). The molecule has 98 valence electrons. The summed E-state index contributed by atoms with van der Waals surface area (Å²) in [5.41, 5.74) is -2.44. The van der Waals surface area contributed by atoms with Crippen molar-refractivity contribution >= 4 is 0 Å². The van der Waals surface area contributed by atoms with Gasteiger partial charge in [0.05, 0.1) is 12.7 Å². The van der Waals surface area contributed by atoms with Gasteiger partial charge in [-0.2, -0.15) is 0 Å². The lowest BCUT2D eigenvalue weighted by atomic mass is 10.1. The van der Waals surface area contributed by atoms with E-state index in [0.717, 1.165) is 4.57 Å². The Morgan fingerprint density at radius 2 is 2.39 bits per heavy atom. The van der Waals surface area contributed by atoms with Gasteiger partial charge in [0.2, 0.25) is 0 Å². The maximum Gasteiger partial charge on any atom is 0.330 e. The van der Waals surface area contributed by atoms with Gasteiger partial charge in [0, 0.05) is 18.7 Å². The van der Waals surface area contributed by atoms with Crippen molar-refractivity contribution in [3.05, 3.63) is 45.8 Å². The second-order valence-corrected chi connectivity index (χ2v) is 4.14. The summed E-state index contributed by atoms with van der Waals surface area (Å²) in [6.07, 6.45) is 1.02. The molecule has 1 aliphatic heterocycles. The highest BCUT2D eigenvalue weighted by atomic mass is 16.6. The fourth-order valence-corrected chi connectivity index (χ4v) is 2.08. The summed E-state index contributed by atoms with van der Waals surface area (Å²) in [5.74, 6) is 0. The third-order valence-corrected chi connectivity index (χ3v) is 3.02. The van der Waals surface area contributed by atoms with Gasteiger partial charge in [-0.3, -0.25) is 14.3 Å². The highest BCUT2D eigenvalue weighted by molar-refractivity contribution is 5.04. The van der Waals surface area contributed by atoms with E-state index in [9.17, 15) is 14.7 Å². The summed E-state index contributed by atoms with van der Waals surface area (Å²) < 4.78 is 6.63. The normalized spacial score (nSPS) is 31.4. The molecule has 0 aromatic carbocycles. The van der Waals surface area contributed by atoms with Crippen LogP contribution in [0, 0.1) is 0 Å². The Bertz CT molecular complexity index is 563. The predicted octanol–water partition coefficient (Wildman–Crippen LogP) is -1.48. The van der Waals surface area contributed by atoms with E-state index in [-0.39, 0.29) is 13.0 Å². The number of hydrogen-bond donors (Lipinski definition) is 3. The largest absolute Gasteiger partial charge is 0.394 e. The molecule has 2 heterocycles. The van der Waals surface area contributed by atoms with Crippen LogP contribution in [0.3, 0.4) is 0 Å². The van der Waals surface area contributed by atoms with Gasteiger partial charge >= 0.3 is 5.69 Å². The molecular weight excluding hydrogens is 240 g/mol. The molecule has 18 heavy (non-hydrogen) atoms. The molecular formula is C11H14N2O5. The maximum absolute atomic E-state index is 11.7. The van der Waals surface area contributed by atoms with E-state index in [1.165, 1.54) is 18.3 Å². The molecule has 0 spiro atoms. The molecule has 7 nitrogen and oxygen atoms in total. The van der Waals surface area contributed by atoms with Crippen molar-refractivity contribution < 1.29 is 14.9 Å². The van der Waals surface area contributed by atoms with Crippen molar-refractivity contribution in [1.29, 1.82) is 0 Å². The molecule has 1 aromatic rings. The lowest BCUT2D eigenvalue weighted by Gasteiger charge is -2.27. The second kappa shape index (κ2) is 4.52. The number of H-pyrrole nitrogens is 1. The summed E-state index contributed by atoms with van der Waals surface area (Å²) in [6, 6.07) is 1.18. The standard InChI is InChI=1S/C11H14N2O5/c1-2-11(5-7(15)8(6-14)18-11)13-4-3-9(16)12-10(13)17/h2-4,7-8,14-15H,1,5-6H2,(H,12,16,17)/t7-,8+,11+/m0/s1. The van der Waals surface area contributed by atoms with Gasteiger partial charge in [-0.1, -0.05) is 6.58 Å². The minimum Gasteiger partial charge on any atom is -0.394 e. The molecule has 3 atom stereocenters. The molecule has 1 saturated heterocycles. The van der Waals surface area contributed by atoms with E-state index in [2.05, 4.69) is 11.6 Å². The third-order valence-electron chi connectivity index (χ3n) is 3.02. The smallest absolute Gasteiger partial charge is 0.330 e. The van der Waals surface area contributed by atoms with Crippen molar-refractivity contribution in [2.75, 3.05) is 6.61 Å². The van der Waals surface area contributed by atoms with E-state index in [1.807, 2.05) is 0 Å². The summed E-state index contributed by atoms with van der Waals surface area (Å²) in [5, 5.41) is 18.8.